The number of nitrogens with one attached hydrogen (secondary N) is 1. The van der Waals surface area contributed by atoms with Gasteiger partial charge in [-0.25, -0.2) is 4.79 Å². The number of anilines is 1. The maximum atomic E-state index is 11.7. The predicted molar refractivity (Wildman–Crippen MR) is 78.7 cm³/mol. The van der Waals surface area contributed by atoms with Gasteiger partial charge in [0.2, 0.25) is 0 Å². The molecule has 0 fully saturated rings. The lowest BCUT2D eigenvalue weighted by Crippen LogP contribution is -2.14. The van der Waals surface area contributed by atoms with E-state index in [1.165, 1.54) is 0 Å². The monoisotopic (exact) mass is 273 g/mol. The maximum absolute atomic E-state index is 11.7. The Balaban J connectivity index is 1.95. The third-order valence-corrected chi connectivity index (χ3v) is 3.06. The van der Waals surface area contributed by atoms with Gasteiger partial charge >= 0.3 is 6.09 Å². The van der Waals surface area contributed by atoms with Crippen molar-refractivity contribution in [3.05, 3.63) is 59.7 Å². The molecule has 1 N–H and O–H groups in total. The van der Waals surface area contributed by atoms with E-state index < -0.39 is 6.09 Å². The number of hydrogen-bond acceptors (Lipinski definition) is 3. The largest absolute Gasteiger partial charge is 0.444 e. The molecule has 0 atom stereocenters. The molecule has 2 rings (SSSR count). The molecule has 4 heteroatoms. The quantitative estimate of drug-likeness (QED) is 0.829. The lowest BCUT2D eigenvalue weighted by atomic mass is 10.2. The summed E-state index contributed by atoms with van der Waals surface area (Å²) in [7, 11) is 0. The van der Waals surface area contributed by atoms with Crippen LogP contribution in [0.25, 0.3) is 0 Å². The van der Waals surface area contributed by atoms with Crippen LogP contribution in [0, 0.1) is 6.92 Å². The van der Waals surface area contributed by atoms with Crippen LogP contribution in [0.15, 0.2) is 53.4 Å². The first-order valence-electron chi connectivity index (χ1n) is 5.93. The Hall–Kier alpha value is -1.94. The topological polar surface area (TPSA) is 38.3 Å². The van der Waals surface area contributed by atoms with E-state index in [0.29, 0.717) is 5.69 Å². The molecule has 19 heavy (non-hydrogen) atoms. The van der Waals surface area contributed by atoms with Crippen LogP contribution in [0.4, 0.5) is 10.5 Å². The van der Waals surface area contributed by atoms with Gasteiger partial charge in [0.05, 0.1) is 5.69 Å². The Labute approximate surface area is 118 Å². The third kappa shape index (κ3) is 3.76. The number of thiol groups is 1. The molecule has 3 nitrogen and oxygen atoms in total. The van der Waals surface area contributed by atoms with Gasteiger partial charge in [0.25, 0.3) is 0 Å². The van der Waals surface area contributed by atoms with Crippen molar-refractivity contribution in [1.82, 2.24) is 0 Å². The van der Waals surface area contributed by atoms with Crippen LogP contribution in [-0.2, 0) is 11.3 Å². The smallest absolute Gasteiger partial charge is 0.411 e. The fourth-order valence-corrected chi connectivity index (χ4v) is 1.99. The lowest BCUT2D eigenvalue weighted by Gasteiger charge is -2.11. The first kappa shape index (κ1) is 13.5. The van der Waals surface area contributed by atoms with Crippen LogP contribution >= 0.6 is 12.6 Å². The normalized spacial score (nSPS) is 10.0. The van der Waals surface area contributed by atoms with Crippen molar-refractivity contribution in [3.63, 3.8) is 0 Å². The third-order valence-electron chi connectivity index (χ3n) is 2.69. The van der Waals surface area contributed by atoms with E-state index in [9.17, 15) is 4.79 Å². The van der Waals surface area contributed by atoms with Gasteiger partial charge in [-0.15, -0.1) is 12.6 Å². The lowest BCUT2D eigenvalue weighted by molar-refractivity contribution is 0.155. The van der Waals surface area contributed by atoms with E-state index in [4.69, 9.17) is 4.74 Å². The van der Waals surface area contributed by atoms with E-state index >= 15 is 0 Å². The van der Waals surface area contributed by atoms with Crippen molar-refractivity contribution in [2.75, 3.05) is 5.32 Å². The van der Waals surface area contributed by atoms with Crippen LogP contribution in [0.3, 0.4) is 0 Å². The van der Waals surface area contributed by atoms with Crippen molar-refractivity contribution in [2.45, 2.75) is 18.4 Å². The van der Waals surface area contributed by atoms with Crippen LogP contribution in [0.2, 0.25) is 0 Å². The molecule has 0 saturated heterocycles. The molecule has 0 saturated carbocycles. The van der Waals surface area contributed by atoms with Gasteiger partial charge in [-0.1, -0.05) is 42.5 Å². The highest BCUT2D eigenvalue weighted by atomic mass is 32.1. The van der Waals surface area contributed by atoms with Crippen molar-refractivity contribution in [2.24, 2.45) is 0 Å². The molecular weight excluding hydrogens is 258 g/mol. The SMILES string of the molecule is Cc1cccc(S)c1NC(=O)OCc1ccccc1. The van der Waals surface area contributed by atoms with Gasteiger partial charge in [-0.2, -0.15) is 0 Å². The highest BCUT2D eigenvalue weighted by Gasteiger charge is 2.08. The fraction of sp³-hybridized carbons (Fsp3) is 0.133. The van der Waals surface area contributed by atoms with Gasteiger partial charge in [-0.05, 0) is 24.1 Å². The number of para-hydroxylation sites is 1. The zero-order valence-corrected chi connectivity index (χ0v) is 11.5. The van der Waals surface area contributed by atoms with Crippen molar-refractivity contribution in [1.29, 1.82) is 0 Å². The van der Waals surface area contributed by atoms with E-state index in [0.717, 1.165) is 16.0 Å². The average molecular weight is 273 g/mol. The van der Waals surface area contributed by atoms with Crippen LogP contribution in [-0.4, -0.2) is 6.09 Å². The fourth-order valence-electron chi connectivity index (χ4n) is 1.68. The predicted octanol–water partition coefficient (Wildman–Crippen LogP) is 4.03. The molecule has 0 bridgehead atoms. The Bertz CT molecular complexity index is 549. The molecular formula is C15H15NO2S. The summed E-state index contributed by atoms with van der Waals surface area (Å²) in [5.74, 6) is 0. The van der Waals surface area contributed by atoms with Crippen molar-refractivity contribution in [3.8, 4) is 0 Å². The minimum Gasteiger partial charge on any atom is -0.444 e. The summed E-state index contributed by atoms with van der Waals surface area (Å²) in [6.07, 6.45) is -0.478. The first-order chi connectivity index (χ1) is 9.16. The van der Waals surface area contributed by atoms with Gasteiger partial charge in [-0.3, -0.25) is 5.32 Å². The summed E-state index contributed by atoms with van der Waals surface area (Å²) in [6, 6.07) is 15.2. The minimum atomic E-state index is -0.478. The van der Waals surface area contributed by atoms with E-state index in [1.54, 1.807) is 0 Å². The Kier molecular flexibility index (Phi) is 4.47. The molecule has 0 heterocycles. The highest BCUT2D eigenvalue weighted by Crippen LogP contribution is 2.23. The van der Waals surface area contributed by atoms with Gasteiger partial charge in [0.1, 0.15) is 6.61 Å². The average Bonchev–Trinajstić information content (AvgIpc) is 2.42. The molecule has 0 aromatic heterocycles. The van der Waals surface area contributed by atoms with Crippen molar-refractivity contribution >= 4 is 24.4 Å². The molecule has 2 aromatic rings. The highest BCUT2D eigenvalue weighted by molar-refractivity contribution is 7.80. The van der Waals surface area contributed by atoms with Gasteiger partial charge in [0, 0.05) is 4.90 Å². The molecule has 0 aliphatic carbocycles. The van der Waals surface area contributed by atoms with E-state index in [-0.39, 0.29) is 6.61 Å². The molecule has 0 aliphatic heterocycles. The Morgan fingerprint density at radius 2 is 1.89 bits per heavy atom. The number of benzene rings is 2. The summed E-state index contributed by atoms with van der Waals surface area (Å²) >= 11 is 4.31. The van der Waals surface area contributed by atoms with Gasteiger partial charge in [0.15, 0.2) is 0 Å². The molecule has 1 amide bonds. The molecule has 0 radical (unpaired) electrons. The first-order valence-corrected chi connectivity index (χ1v) is 6.38. The molecule has 98 valence electrons. The number of amides is 1. The van der Waals surface area contributed by atoms with Crippen molar-refractivity contribution < 1.29 is 9.53 Å². The van der Waals surface area contributed by atoms with Gasteiger partial charge < -0.3 is 4.74 Å². The summed E-state index contributed by atoms with van der Waals surface area (Å²) in [4.78, 5) is 12.4. The molecule has 0 unspecified atom stereocenters. The molecule has 0 spiro atoms. The second-order valence-electron chi connectivity index (χ2n) is 4.16. The zero-order valence-electron chi connectivity index (χ0n) is 10.6. The second-order valence-corrected chi connectivity index (χ2v) is 4.64. The van der Waals surface area contributed by atoms with Crippen LogP contribution in [0.5, 0.6) is 0 Å². The number of aryl methyl sites for hydroxylation is 1. The molecule has 0 aliphatic rings. The summed E-state index contributed by atoms with van der Waals surface area (Å²) in [5.41, 5.74) is 2.58. The van der Waals surface area contributed by atoms with Crippen LogP contribution < -0.4 is 5.32 Å². The van der Waals surface area contributed by atoms with E-state index in [1.807, 2.05) is 55.5 Å². The number of carbonyl (C=O) groups excluding carboxylic acids is 1. The minimum absolute atomic E-state index is 0.250. The summed E-state index contributed by atoms with van der Waals surface area (Å²) < 4.78 is 5.16. The maximum Gasteiger partial charge on any atom is 0.411 e. The number of hydrogen-bond donors (Lipinski definition) is 2. The van der Waals surface area contributed by atoms with Crippen LogP contribution in [0.1, 0.15) is 11.1 Å². The number of carbonyl (C=O) groups is 1. The second kappa shape index (κ2) is 6.29. The standard InChI is InChI=1S/C15H15NO2S/c1-11-6-5-9-13(19)14(11)16-15(17)18-10-12-7-3-2-4-8-12/h2-9,19H,10H2,1H3,(H,16,17). The number of rotatable bonds is 3. The Morgan fingerprint density at radius 3 is 2.58 bits per heavy atom. The molecule has 2 aromatic carbocycles. The Morgan fingerprint density at radius 1 is 1.16 bits per heavy atom. The summed E-state index contributed by atoms with van der Waals surface area (Å²) in [5, 5.41) is 2.71. The number of ether oxygens (including phenoxy) is 1. The van der Waals surface area contributed by atoms with E-state index in [2.05, 4.69) is 17.9 Å². The zero-order chi connectivity index (χ0) is 13.7. The summed E-state index contributed by atoms with van der Waals surface area (Å²) in [6.45, 7) is 2.16.